The summed E-state index contributed by atoms with van der Waals surface area (Å²) in [5.74, 6) is -0.229. The summed E-state index contributed by atoms with van der Waals surface area (Å²) in [7, 11) is 3.74. The third kappa shape index (κ3) is 9.58. The average molecular weight is 789 g/mol. The normalized spacial score (nSPS) is 17.2. The fourth-order valence-electron chi connectivity index (χ4n) is 8.10. The molecule has 3 fully saturated rings. The third-order valence-corrected chi connectivity index (χ3v) is 11.8. The molecule has 0 spiro atoms. The van der Waals surface area contributed by atoms with E-state index in [4.69, 9.17) is 26.1 Å². The highest BCUT2D eigenvalue weighted by Crippen LogP contribution is 2.33. The van der Waals surface area contributed by atoms with Crippen LogP contribution in [0.3, 0.4) is 0 Å². The van der Waals surface area contributed by atoms with Crippen LogP contribution in [0.4, 0.5) is 10.1 Å². The van der Waals surface area contributed by atoms with Crippen LogP contribution in [-0.2, 0) is 36.4 Å². The number of benzene rings is 1. The van der Waals surface area contributed by atoms with Gasteiger partial charge >= 0.3 is 7.05 Å². The average Bonchev–Trinajstić information content (AvgIpc) is 3.68. The molecule has 14 heteroatoms. The minimum atomic E-state index is -0.469. The van der Waals surface area contributed by atoms with E-state index >= 15 is 4.39 Å². The van der Waals surface area contributed by atoms with Gasteiger partial charge in [-0.25, -0.2) is 9.37 Å². The van der Waals surface area contributed by atoms with Crippen LogP contribution in [0.2, 0.25) is 12.0 Å². The van der Waals surface area contributed by atoms with Gasteiger partial charge < -0.3 is 33.3 Å². The fourth-order valence-corrected chi connectivity index (χ4v) is 8.39. The molecule has 11 nitrogen and oxygen atoms in total. The molecule has 302 valence electrons. The number of morpholine rings is 2. The van der Waals surface area contributed by atoms with Crippen LogP contribution < -0.4 is 4.90 Å². The Balaban J connectivity index is 0.000000215. The second-order valence-corrected chi connectivity index (χ2v) is 15.5. The van der Waals surface area contributed by atoms with E-state index in [0.29, 0.717) is 23.9 Å². The first-order valence-corrected chi connectivity index (χ1v) is 20.1. The Hall–Kier alpha value is -3.56. The number of aromatic nitrogens is 4. The van der Waals surface area contributed by atoms with Crippen molar-refractivity contribution in [3.63, 3.8) is 0 Å². The number of aryl methyl sites for hydroxylation is 4. The second-order valence-electron chi connectivity index (χ2n) is 15.2. The molecule has 0 aliphatic carbocycles. The van der Waals surface area contributed by atoms with Crippen molar-refractivity contribution in [3.05, 3.63) is 76.2 Å². The summed E-state index contributed by atoms with van der Waals surface area (Å²) in [5.41, 5.74) is 8.99. The monoisotopic (exact) mass is 788 g/mol. The molecule has 0 saturated carbocycles. The van der Waals surface area contributed by atoms with Gasteiger partial charge in [-0.2, -0.15) is 0 Å². The summed E-state index contributed by atoms with van der Waals surface area (Å²) >= 11 is 6.25. The Kier molecular flexibility index (Phi) is 14.1. The smallest absolute Gasteiger partial charge is 0.376 e. The Bertz CT molecular complexity index is 2090. The molecule has 8 rings (SSSR count). The number of pyridine rings is 2. The van der Waals surface area contributed by atoms with E-state index in [2.05, 4.69) is 67.2 Å². The third-order valence-electron chi connectivity index (χ3n) is 11.5. The van der Waals surface area contributed by atoms with Gasteiger partial charge in [0.15, 0.2) is 0 Å². The molecule has 0 radical (unpaired) electrons. The van der Waals surface area contributed by atoms with Gasteiger partial charge in [0.25, 0.3) is 0 Å². The Morgan fingerprint density at radius 2 is 1.25 bits per heavy atom. The van der Waals surface area contributed by atoms with Gasteiger partial charge in [0.1, 0.15) is 11.0 Å². The van der Waals surface area contributed by atoms with E-state index < -0.39 is 7.05 Å². The molecular formula is C42H59BClFN8O3. The van der Waals surface area contributed by atoms with E-state index in [-0.39, 0.29) is 13.2 Å². The van der Waals surface area contributed by atoms with Crippen LogP contribution in [0.15, 0.2) is 42.5 Å². The number of anilines is 1. The predicted octanol–water partition coefficient (Wildman–Crippen LogP) is 5.84. The molecule has 1 aromatic carbocycles. The van der Waals surface area contributed by atoms with Crippen LogP contribution in [0.25, 0.3) is 33.1 Å². The number of nitrogens with zero attached hydrogens (tertiary/aromatic N) is 8. The molecule has 4 aromatic heterocycles. The van der Waals surface area contributed by atoms with Crippen molar-refractivity contribution in [2.75, 3.05) is 96.8 Å². The number of rotatable bonds is 9. The lowest BCUT2D eigenvalue weighted by Gasteiger charge is -2.36. The summed E-state index contributed by atoms with van der Waals surface area (Å²) in [5, 5.41) is 12.5. The van der Waals surface area contributed by atoms with E-state index in [1.54, 1.807) is 12.9 Å². The van der Waals surface area contributed by atoms with Crippen LogP contribution in [0.5, 0.6) is 0 Å². The van der Waals surface area contributed by atoms with Crippen molar-refractivity contribution in [1.82, 2.24) is 33.7 Å². The van der Waals surface area contributed by atoms with E-state index in [1.165, 1.54) is 16.9 Å². The van der Waals surface area contributed by atoms with Gasteiger partial charge in [-0.15, -0.1) is 0 Å². The van der Waals surface area contributed by atoms with Gasteiger partial charge in [-0.1, -0.05) is 25.1 Å². The molecule has 3 saturated heterocycles. The molecular weight excluding hydrogens is 730 g/mol. The summed E-state index contributed by atoms with van der Waals surface area (Å²) in [6, 6.07) is 14.1. The minimum Gasteiger partial charge on any atom is -0.437 e. The van der Waals surface area contributed by atoms with Crippen molar-refractivity contribution in [2.45, 2.75) is 40.9 Å². The highest BCUT2D eigenvalue weighted by Gasteiger charge is 2.25. The van der Waals surface area contributed by atoms with Gasteiger partial charge in [0.2, 0.25) is 0 Å². The van der Waals surface area contributed by atoms with E-state index in [1.807, 2.05) is 30.8 Å². The number of halogens is 2. The number of piperazine rings is 1. The maximum Gasteiger partial charge on any atom is 0.376 e. The Morgan fingerprint density at radius 1 is 0.732 bits per heavy atom. The van der Waals surface area contributed by atoms with Crippen molar-refractivity contribution < 1.29 is 18.9 Å². The van der Waals surface area contributed by atoms with Crippen molar-refractivity contribution in [3.8, 4) is 11.3 Å². The lowest BCUT2D eigenvalue weighted by Crippen LogP contribution is -2.51. The molecule has 0 bridgehead atoms. The molecule has 5 aromatic rings. The molecule has 56 heavy (non-hydrogen) atoms. The molecule has 3 aliphatic heterocycles. The van der Waals surface area contributed by atoms with Gasteiger partial charge in [0, 0.05) is 131 Å². The Labute approximate surface area is 337 Å². The quantitative estimate of drug-likeness (QED) is 0.146. The van der Waals surface area contributed by atoms with E-state index in [0.717, 1.165) is 131 Å². The summed E-state index contributed by atoms with van der Waals surface area (Å²) in [6.45, 7) is 18.0. The molecule has 3 aliphatic rings. The van der Waals surface area contributed by atoms with Crippen LogP contribution in [0, 0.1) is 19.7 Å². The molecule has 0 atom stereocenters. The van der Waals surface area contributed by atoms with Crippen LogP contribution in [-0.4, -0.2) is 138 Å². The first-order chi connectivity index (χ1) is 26.5. The fraction of sp³-hybridized carbons (Fsp3) is 0.524. The summed E-state index contributed by atoms with van der Waals surface area (Å²) in [4.78, 5) is 18.1. The predicted molar refractivity (Wildman–Crippen MR) is 228 cm³/mol. The molecule has 7 heterocycles. The van der Waals surface area contributed by atoms with Gasteiger partial charge in [0.05, 0.1) is 48.8 Å². The molecule has 0 unspecified atom stereocenters. The number of fused-ring (bicyclic) bond motifs is 2. The standard InChI is InChI=1S/C26H35BFN5O2.C15H20ClN3O.CH4/c1-19-16-25-22(18-21(30(25)3)6-7-31-12-14-35-15-13-31)26(29-19)20-4-5-24(23(28)17-20)32-8-10-33(11-9-32)27(2)34;1-11-9-14-13(15(16)17-11)10-12(18(14)2)3-4-19-5-7-20-8-6-19;/h4-5,16-18,34H,6-15H2,1-3H3;9-10H,3-8H2,1-2H3;1H4. The van der Waals surface area contributed by atoms with Crippen molar-refractivity contribution in [1.29, 1.82) is 0 Å². The number of ether oxygens (including phenoxy) is 2. The first-order valence-electron chi connectivity index (χ1n) is 19.7. The van der Waals surface area contributed by atoms with Gasteiger partial charge in [-0.3, -0.25) is 14.8 Å². The highest BCUT2D eigenvalue weighted by molar-refractivity contribution is 6.45. The maximum absolute atomic E-state index is 15.3. The van der Waals surface area contributed by atoms with Crippen LogP contribution in [0.1, 0.15) is 30.2 Å². The summed E-state index contributed by atoms with van der Waals surface area (Å²) in [6.07, 6.45) is 1.98. The minimum absolute atomic E-state index is 0. The zero-order chi connectivity index (χ0) is 38.6. The topological polar surface area (TPSA) is 87.3 Å². The van der Waals surface area contributed by atoms with E-state index in [9.17, 15) is 5.02 Å². The second kappa shape index (κ2) is 18.8. The molecule has 0 amide bonds. The van der Waals surface area contributed by atoms with Crippen molar-refractivity contribution >= 4 is 46.1 Å². The molecule has 1 N–H and O–H groups in total. The SMILES string of the molecule is C.CB(O)N1CCN(c2ccc(-c3nc(C)cc4c3cc(CCN3CCOCC3)n4C)cc2F)CC1.Cc1cc2c(cc(CCN3CCOCC3)n2C)c(Cl)n1. The zero-order valence-electron chi connectivity index (χ0n) is 33.0. The maximum atomic E-state index is 15.3. The van der Waals surface area contributed by atoms with Crippen molar-refractivity contribution in [2.24, 2.45) is 14.1 Å². The highest BCUT2D eigenvalue weighted by atomic mass is 35.5. The lowest BCUT2D eigenvalue weighted by atomic mass is 9.84. The van der Waals surface area contributed by atoms with Crippen LogP contribution >= 0.6 is 11.6 Å². The van der Waals surface area contributed by atoms with Gasteiger partial charge in [-0.05, 0) is 57.1 Å². The number of hydrogen-bond acceptors (Lipinski definition) is 9. The lowest BCUT2D eigenvalue weighted by molar-refractivity contribution is 0.0382. The largest absolute Gasteiger partial charge is 0.437 e. The first kappa shape index (κ1) is 42.1. The number of hydrogen-bond donors (Lipinski definition) is 1. The zero-order valence-corrected chi connectivity index (χ0v) is 33.8. The Morgan fingerprint density at radius 3 is 1.79 bits per heavy atom. The summed E-state index contributed by atoms with van der Waals surface area (Å²) < 4.78 is 30.7.